The van der Waals surface area contributed by atoms with Crippen LogP contribution in [0.2, 0.25) is 0 Å². The van der Waals surface area contributed by atoms with E-state index in [0.717, 1.165) is 0 Å². The van der Waals surface area contributed by atoms with Gasteiger partial charge in [-0.15, -0.1) is 0 Å². The SMILES string of the molecule is [O-]OOSC(F)(F)C(F)(F)OC(F)(F)C(F)(F)C1CCCCC1. The molecule has 4 nitrogen and oxygen atoms in total. The van der Waals surface area contributed by atoms with Crippen LogP contribution >= 0.6 is 12.0 Å². The third kappa shape index (κ3) is 4.59. The van der Waals surface area contributed by atoms with Crippen molar-refractivity contribution < 1.29 is 54.5 Å². The highest BCUT2D eigenvalue weighted by Gasteiger charge is 2.71. The fraction of sp³-hybridized carbons (Fsp3) is 1.00. The Kier molecular flexibility index (Phi) is 6.52. The Morgan fingerprint density at radius 3 is 1.83 bits per heavy atom. The molecule has 0 bridgehead atoms. The number of rotatable bonds is 8. The second-order valence-electron chi connectivity index (χ2n) is 4.83. The van der Waals surface area contributed by atoms with Crippen LogP contribution in [0.15, 0.2) is 0 Å². The van der Waals surface area contributed by atoms with E-state index in [-0.39, 0.29) is 25.7 Å². The highest BCUT2D eigenvalue weighted by Crippen LogP contribution is 2.52. The largest absolute Gasteiger partial charge is 0.691 e. The molecular weight excluding hydrogens is 368 g/mol. The van der Waals surface area contributed by atoms with E-state index in [2.05, 4.69) is 14.1 Å². The maximum atomic E-state index is 13.7. The minimum absolute atomic E-state index is 0.174. The van der Waals surface area contributed by atoms with Gasteiger partial charge in [0.05, 0.1) is 0 Å². The Balaban J connectivity index is 2.89. The van der Waals surface area contributed by atoms with Crippen molar-refractivity contribution in [3.8, 4) is 0 Å². The zero-order valence-corrected chi connectivity index (χ0v) is 12.0. The summed E-state index contributed by atoms with van der Waals surface area (Å²) in [5.41, 5.74) is 0. The Morgan fingerprint density at radius 1 is 0.826 bits per heavy atom. The molecule has 23 heavy (non-hydrogen) atoms. The zero-order valence-electron chi connectivity index (χ0n) is 11.2. The summed E-state index contributed by atoms with van der Waals surface area (Å²) in [7, 11) is 0. The second-order valence-corrected chi connectivity index (χ2v) is 5.65. The Morgan fingerprint density at radius 2 is 1.35 bits per heavy atom. The van der Waals surface area contributed by atoms with Gasteiger partial charge in [0.2, 0.25) is 0 Å². The first kappa shape index (κ1) is 20.7. The fourth-order valence-corrected chi connectivity index (χ4v) is 2.35. The molecule has 0 aromatic heterocycles. The van der Waals surface area contributed by atoms with Crippen molar-refractivity contribution in [3.63, 3.8) is 0 Å². The number of halogens is 8. The number of hydrogen-bond donors (Lipinski definition) is 0. The van der Waals surface area contributed by atoms with Crippen LogP contribution in [0.1, 0.15) is 32.1 Å². The minimum Gasteiger partial charge on any atom is -0.691 e. The molecule has 13 heteroatoms. The molecule has 1 rings (SSSR count). The second kappa shape index (κ2) is 7.25. The van der Waals surface area contributed by atoms with E-state index in [9.17, 15) is 40.4 Å². The average Bonchev–Trinajstić information content (AvgIpc) is 2.44. The first-order valence-electron chi connectivity index (χ1n) is 6.23. The minimum atomic E-state index is -6.06. The van der Waals surface area contributed by atoms with Crippen molar-refractivity contribution in [2.75, 3.05) is 0 Å². The van der Waals surface area contributed by atoms with Gasteiger partial charge in [-0.1, -0.05) is 19.3 Å². The van der Waals surface area contributed by atoms with Gasteiger partial charge in [0.25, 0.3) is 0 Å². The standard InChI is InChI=1S/C10H12F8O4S/c11-7(12,6-4-2-1-3-5-6)8(13,14)20-9(15,16)10(17,18)23-22-21-19/h6,19H,1-5H2/p-1. The van der Waals surface area contributed by atoms with Gasteiger partial charge in [-0.3, -0.25) is 5.04 Å². The van der Waals surface area contributed by atoms with Gasteiger partial charge in [0.15, 0.2) is 0 Å². The molecule has 0 atom stereocenters. The van der Waals surface area contributed by atoms with E-state index >= 15 is 0 Å². The topological polar surface area (TPSA) is 50.8 Å². The molecule has 0 amide bonds. The quantitative estimate of drug-likeness (QED) is 0.277. The van der Waals surface area contributed by atoms with Gasteiger partial charge >= 0.3 is 23.4 Å². The van der Waals surface area contributed by atoms with Crippen LogP contribution in [-0.4, -0.2) is 23.4 Å². The molecule has 1 fully saturated rings. The highest BCUT2D eigenvalue weighted by atomic mass is 32.2. The first-order valence-corrected chi connectivity index (χ1v) is 6.97. The number of hydrogen-bond acceptors (Lipinski definition) is 5. The summed E-state index contributed by atoms with van der Waals surface area (Å²) < 4.78 is 112. The van der Waals surface area contributed by atoms with Gasteiger partial charge in [-0.05, 0) is 12.8 Å². The fourth-order valence-electron chi connectivity index (χ4n) is 2.10. The van der Waals surface area contributed by atoms with Crippen molar-refractivity contribution >= 4 is 12.0 Å². The van der Waals surface area contributed by atoms with Crippen LogP contribution in [0.4, 0.5) is 35.1 Å². The van der Waals surface area contributed by atoms with Crippen LogP contribution in [0.25, 0.3) is 0 Å². The lowest BCUT2D eigenvalue weighted by atomic mass is 9.84. The van der Waals surface area contributed by atoms with Crippen LogP contribution < -0.4 is 5.26 Å². The normalized spacial score (nSPS) is 19.2. The molecular formula is C10H11F8O4S-. The molecule has 0 saturated heterocycles. The molecule has 0 N–H and O–H groups in total. The molecule has 0 radical (unpaired) electrons. The zero-order chi connectivity index (χ0) is 17.9. The van der Waals surface area contributed by atoms with Crippen LogP contribution in [-0.2, 0) is 14.1 Å². The average molecular weight is 379 g/mol. The summed E-state index contributed by atoms with van der Waals surface area (Å²) in [5.74, 6) is -7.06. The molecule has 138 valence electrons. The van der Waals surface area contributed by atoms with E-state index in [4.69, 9.17) is 0 Å². The summed E-state index contributed by atoms with van der Waals surface area (Å²) in [4.78, 5) is 0. The molecule has 1 aliphatic rings. The van der Waals surface area contributed by atoms with Crippen molar-refractivity contribution in [2.24, 2.45) is 5.92 Å². The lowest BCUT2D eigenvalue weighted by molar-refractivity contribution is -0.777. The lowest BCUT2D eigenvalue weighted by Crippen LogP contribution is -2.55. The molecule has 1 aliphatic carbocycles. The summed E-state index contributed by atoms with van der Waals surface area (Å²) in [6.45, 7) is 0. The van der Waals surface area contributed by atoms with Gasteiger partial charge in [0, 0.05) is 5.92 Å². The Labute approximate surface area is 129 Å². The highest BCUT2D eigenvalue weighted by molar-refractivity contribution is 7.95. The van der Waals surface area contributed by atoms with Crippen LogP contribution in [0.5, 0.6) is 0 Å². The Hall–Kier alpha value is -0.370. The monoisotopic (exact) mass is 379 g/mol. The smallest absolute Gasteiger partial charge is 0.436 e. The number of ether oxygens (including phenoxy) is 1. The summed E-state index contributed by atoms with van der Waals surface area (Å²) in [5, 5.41) is 6.12. The van der Waals surface area contributed by atoms with Crippen molar-refractivity contribution in [1.82, 2.24) is 0 Å². The predicted molar refractivity (Wildman–Crippen MR) is 57.2 cm³/mol. The molecule has 0 aromatic rings. The molecule has 0 aromatic carbocycles. The maximum absolute atomic E-state index is 13.7. The third-order valence-corrected chi connectivity index (χ3v) is 3.84. The van der Waals surface area contributed by atoms with Gasteiger partial charge in [-0.25, -0.2) is 4.74 Å². The van der Waals surface area contributed by atoms with Crippen molar-refractivity contribution in [1.29, 1.82) is 0 Å². The van der Waals surface area contributed by atoms with Gasteiger partial charge in [0.1, 0.15) is 12.0 Å². The lowest BCUT2D eigenvalue weighted by Gasteiger charge is -2.37. The Bertz CT molecular complexity index is 389. The van der Waals surface area contributed by atoms with Crippen LogP contribution in [0.3, 0.4) is 0 Å². The van der Waals surface area contributed by atoms with Gasteiger partial charge in [-0.2, -0.15) is 39.5 Å². The molecule has 1 saturated carbocycles. The third-order valence-electron chi connectivity index (χ3n) is 3.27. The summed E-state index contributed by atoms with van der Waals surface area (Å²) in [6.07, 6.45) is -11.8. The predicted octanol–water partition coefficient (Wildman–Crippen LogP) is 3.87. The van der Waals surface area contributed by atoms with Crippen molar-refractivity contribution in [2.45, 2.75) is 55.5 Å². The number of alkyl halides is 8. The molecule has 0 spiro atoms. The maximum Gasteiger partial charge on any atom is 0.436 e. The molecule has 0 heterocycles. The van der Waals surface area contributed by atoms with E-state index in [1.165, 1.54) is 0 Å². The van der Waals surface area contributed by atoms with E-state index in [0.29, 0.717) is 6.42 Å². The van der Waals surface area contributed by atoms with E-state index in [1.807, 2.05) is 0 Å². The van der Waals surface area contributed by atoms with Crippen molar-refractivity contribution in [3.05, 3.63) is 0 Å². The summed E-state index contributed by atoms with van der Waals surface area (Å²) >= 11 is -1.65. The van der Waals surface area contributed by atoms with E-state index < -0.39 is 41.4 Å². The van der Waals surface area contributed by atoms with Crippen LogP contribution in [0, 0.1) is 5.92 Å². The van der Waals surface area contributed by atoms with E-state index in [1.54, 1.807) is 0 Å². The summed E-state index contributed by atoms with van der Waals surface area (Å²) in [6, 6.07) is 0. The van der Waals surface area contributed by atoms with Gasteiger partial charge < -0.3 is 5.26 Å². The molecule has 0 aliphatic heterocycles. The molecule has 0 unspecified atom stereocenters. The first-order chi connectivity index (χ1) is 10.4.